The first-order chi connectivity index (χ1) is 9.10. The molecule has 0 saturated carbocycles. The third-order valence-corrected chi connectivity index (χ3v) is 3.88. The lowest BCUT2D eigenvalue weighted by atomic mass is 9.86. The van der Waals surface area contributed by atoms with Crippen LogP contribution in [0.5, 0.6) is 0 Å². The van der Waals surface area contributed by atoms with Crippen LogP contribution in [-0.2, 0) is 14.3 Å². The number of ether oxygens (including phenoxy) is 2. The van der Waals surface area contributed by atoms with Gasteiger partial charge in [-0.1, -0.05) is 39.5 Å². The molecule has 0 aliphatic carbocycles. The van der Waals surface area contributed by atoms with E-state index in [1.807, 2.05) is 0 Å². The monoisotopic (exact) mass is 270 g/mol. The second kappa shape index (κ2) is 9.35. The van der Waals surface area contributed by atoms with Gasteiger partial charge in [-0.2, -0.15) is 0 Å². The molecule has 3 heteroatoms. The summed E-state index contributed by atoms with van der Waals surface area (Å²) < 4.78 is 11.0. The van der Waals surface area contributed by atoms with Gasteiger partial charge in [-0.15, -0.1) is 0 Å². The molecule has 19 heavy (non-hydrogen) atoms. The zero-order chi connectivity index (χ0) is 14.0. The fraction of sp³-hybridized carbons (Fsp3) is 0.938. The number of hydrogen-bond donors (Lipinski definition) is 0. The van der Waals surface area contributed by atoms with Crippen molar-refractivity contribution in [2.75, 3.05) is 19.8 Å². The molecule has 1 fully saturated rings. The Kier molecular flexibility index (Phi) is 8.11. The van der Waals surface area contributed by atoms with Crippen molar-refractivity contribution in [3.05, 3.63) is 0 Å². The molecule has 1 rings (SSSR count). The molecule has 1 aliphatic heterocycles. The highest BCUT2D eigenvalue weighted by molar-refractivity contribution is 5.69. The summed E-state index contributed by atoms with van der Waals surface area (Å²) in [6.45, 7) is 6.69. The second-order valence-corrected chi connectivity index (χ2v) is 6.37. The molecule has 0 spiro atoms. The van der Waals surface area contributed by atoms with Crippen LogP contribution >= 0.6 is 0 Å². The summed E-state index contributed by atoms with van der Waals surface area (Å²) in [5, 5.41) is 0. The average Bonchev–Trinajstić information content (AvgIpc) is 2.34. The van der Waals surface area contributed by atoms with Crippen LogP contribution in [0.2, 0.25) is 0 Å². The van der Waals surface area contributed by atoms with Crippen LogP contribution in [0.1, 0.15) is 71.6 Å². The molecule has 1 aliphatic rings. The van der Waals surface area contributed by atoms with Crippen molar-refractivity contribution < 1.29 is 14.3 Å². The molecule has 0 aromatic carbocycles. The van der Waals surface area contributed by atoms with E-state index in [0.29, 0.717) is 13.0 Å². The topological polar surface area (TPSA) is 35.5 Å². The first-order valence-electron chi connectivity index (χ1n) is 7.83. The summed E-state index contributed by atoms with van der Waals surface area (Å²) >= 11 is 0. The molecule has 112 valence electrons. The highest BCUT2D eigenvalue weighted by Gasteiger charge is 2.18. The standard InChI is InChI=1S/C16H30O3/c1-16(2)10-13-18-12-8-6-4-3-5-7-9-15(17)19-14-11-16/h3-14H2,1-2H3. The predicted octanol–water partition coefficient (Wildman–Crippen LogP) is 4.10. The van der Waals surface area contributed by atoms with Gasteiger partial charge in [0, 0.05) is 19.6 Å². The van der Waals surface area contributed by atoms with Crippen molar-refractivity contribution in [2.45, 2.75) is 71.6 Å². The molecule has 0 bridgehead atoms. The molecule has 0 amide bonds. The Morgan fingerprint density at radius 1 is 0.842 bits per heavy atom. The Hall–Kier alpha value is -0.570. The predicted molar refractivity (Wildman–Crippen MR) is 77.1 cm³/mol. The fourth-order valence-corrected chi connectivity index (χ4v) is 2.27. The lowest BCUT2D eigenvalue weighted by Crippen LogP contribution is -2.19. The summed E-state index contributed by atoms with van der Waals surface area (Å²) in [6.07, 6.45) is 9.54. The van der Waals surface area contributed by atoms with E-state index in [0.717, 1.165) is 38.9 Å². The van der Waals surface area contributed by atoms with E-state index >= 15 is 0 Å². The molecule has 0 atom stereocenters. The Morgan fingerprint density at radius 2 is 1.47 bits per heavy atom. The Morgan fingerprint density at radius 3 is 2.26 bits per heavy atom. The first kappa shape index (κ1) is 16.5. The number of rotatable bonds is 0. The van der Waals surface area contributed by atoms with Gasteiger partial charge in [-0.3, -0.25) is 4.79 Å². The van der Waals surface area contributed by atoms with Gasteiger partial charge in [-0.05, 0) is 31.1 Å². The maximum atomic E-state index is 11.5. The Balaban J connectivity index is 2.31. The molecule has 1 heterocycles. The van der Waals surface area contributed by atoms with E-state index in [1.54, 1.807) is 0 Å². The molecular weight excluding hydrogens is 240 g/mol. The van der Waals surface area contributed by atoms with Crippen molar-refractivity contribution in [1.82, 2.24) is 0 Å². The van der Waals surface area contributed by atoms with E-state index in [1.165, 1.54) is 25.7 Å². The number of esters is 1. The van der Waals surface area contributed by atoms with Crippen LogP contribution in [0.3, 0.4) is 0 Å². The number of hydrogen-bond acceptors (Lipinski definition) is 3. The summed E-state index contributed by atoms with van der Waals surface area (Å²) in [5.74, 6) is -0.0286. The van der Waals surface area contributed by atoms with Crippen molar-refractivity contribution in [3.63, 3.8) is 0 Å². The minimum atomic E-state index is -0.0286. The van der Waals surface area contributed by atoms with E-state index < -0.39 is 0 Å². The summed E-state index contributed by atoms with van der Waals surface area (Å²) in [4.78, 5) is 11.5. The molecule has 3 nitrogen and oxygen atoms in total. The fourth-order valence-electron chi connectivity index (χ4n) is 2.27. The van der Waals surface area contributed by atoms with Crippen LogP contribution in [0, 0.1) is 5.41 Å². The maximum absolute atomic E-state index is 11.5. The van der Waals surface area contributed by atoms with Gasteiger partial charge < -0.3 is 9.47 Å². The van der Waals surface area contributed by atoms with E-state index in [9.17, 15) is 4.79 Å². The number of carbonyl (C=O) groups is 1. The van der Waals surface area contributed by atoms with Gasteiger partial charge in [0.05, 0.1) is 6.61 Å². The van der Waals surface area contributed by atoms with Crippen LogP contribution in [0.4, 0.5) is 0 Å². The maximum Gasteiger partial charge on any atom is 0.305 e. The third-order valence-electron chi connectivity index (χ3n) is 3.88. The van der Waals surface area contributed by atoms with E-state index in [-0.39, 0.29) is 11.4 Å². The molecule has 1 saturated heterocycles. The highest BCUT2D eigenvalue weighted by Crippen LogP contribution is 2.25. The van der Waals surface area contributed by atoms with Gasteiger partial charge >= 0.3 is 5.97 Å². The highest BCUT2D eigenvalue weighted by atomic mass is 16.5. The van der Waals surface area contributed by atoms with Crippen LogP contribution in [0.25, 0.3) is 0 Å². The molecule has 0 radical (unpaired) electrons. The van der Waals surface area contributed by atoms with Gasteiger partial charge in [-0.25, -0.2) is 0 Å². The summed E-state index contributed by atoms with van der Waals surface area (Å²) in [7, 11) is 0. The summed E-state index contributed by atoms with van der Waals surface area (Å²) in [6, 6.07) is 0. The van der Waals surface area contributed by atoms with Crippen LogP contribution in [-0.4, -0.2) is 25.8 Å². The zero-order valence-electron chi connectivity index (χ0n) is 12.7. The van der Waals surface area contributed by atoms with Gasteiger partial charge in [0.25, 0.3) is 0 Å². The van der Waals surface area contributed by atoms with E-state index in [4.69, 9.17) is 9.47 Å². The second-order valence-electron chi connectivity index (χ2n) is 6.37. The van der Waals surface area contributed by atoms with Gasteiger partial charge in [0.15, 0.2) is 0 Å². The van der Waals surface area contributed by atoms with Crippen molar-refractivity contribution in [3.8, 4) is 0 Å². The Bertz CT molecular complexity index is 248. The number of carbonyl (C=O) groups excluding carboxylic acids is 1. The normalized spacial score (nSPS) is 24.6. The molecule has 0 N–H and O–H groups in total. The van der Waals surface area contributed by atoms with E-state index in [2.05, 4.69) is 13.8 Å². The SMILES string of the molecule is CC1(C)CCOCCCCCCCCC(=O)OCC1. The molecule has 0 unspecified atom stereocenters. The van der Waals surface area contributed by atoms with Crippen molar-refractivity contribution in [2.24, 2.45) is 5.41 Å². The average molecular weight is 270 g/mol. The number of cyclic esters (lactones) is 1. The molecular formula is C16H30O3. The van der Waals surface area contributed by atoms with Gasteiger partial charge in [0.1, 0.15) is 0 Å². The Labute approximate surface area is 118 Å². The minimum Gasteiger partial charge on any atom is -0.466 e. The minimum absolute atomic E-state index is 0.0286. The van der Waals surface area contributed by atoms with Gasteiger partial charge in [0.2, 0.25) is 0 Å². The lowest BCUT2D eigenvalue weighted by Gasteiger charge is -2.24. The summed E-state index contributed by atoms with van der Waals surface area (Å²) in [5.41, 5.74) is 0.192. The zero-order valence-corrected chi connectivity index (χ0v) is 12.7. The molecule has 0 aromatic heterocycles. The quantitative estimate of drug-likeness (QED) is 0.622. The van der Waals surface area contributed by atoms with Crippen LogP contribution < -0.4 is 0 Å². The first-order valence-corrected chi connectivity index (χ1v) is 7.83. The van der Waals surface area contributed by atoms with Crippen molar-refractivity contribution in [1.29, 1.82) is 0 Å². The lowest BCUT2D eigenvalue weighted by molar-refractivity contribution is -0.144. The third kappa shape index (κ3) is 9.04. The van der Waals surface area contributed by atoms with Crippen LogP contribution in [0.15, 0.2) is 0 Å². The molecule has 0 aromatic rings. The van der Waals surface area contributed by atoms with Crippen molar-refractivity contribution >= 4 is 5.97 Å². The largest absolute Gasteiger partial charge is 0.466 e. The smallest absolute Gasteiger partial charge is 0.305 e.